The fourth-order valence-electron chi connectivity index (χ4n) is 4.57. The Balaban J connectivity index is 1.71. The molecule has 3 heterocycles. The number of aromatic nitrogens is 1. The molecule has 204 valence electrons. The fourth-order valence-corrected chi connectivity index (χ4v) is 5.60. The van der Waals surface area contributed by atoms with Crippen molar-refractivity contribution >= 4 is 46.7 Å². The molecule has 0 spiro atoms. The highest BCUT2D eigenvalue weighted by Gasteiger charge is 2.23. The number of benzene rings is 1. The summed E-state index contributed by atoms with van der Waals surface area (Å²) in [5.74, 6) is -0.248. The molecule has 0 N–H and O–H groups in total. The van der Waals surface area contributed by atoms with E-state index in [0.717, 1.165) is 24.2 Å². The van der Waals surface area contributed by atoms with Gasteiger partial charge < -0.3 is 19.3 Å². The topological polar surface area (TPSA) is 124 Å². The zero-order valence-electron chi connectivity index (χ0n) is 21.6. The molecule has 2 aromatic rings. The Bertz CT molecular complexity index is 1370. The molecule has 2 saturated heterocycles. The number of anilines is 1. The van der Waals surface area contributed by atoms with E-state index in [2.05, 4.69) is 6.92 Å². The third-order valence-electron chi connectivity index (χ3n) is 6.74. The second-order valence-corrected chi connectivity index (χ2v) is 10.5. The number of amides is 1. The van der Waals surface area contributed by atoms with Gasteiger partial charge in [-0.15, -0.1) is 11.3 Å². The van der Waals surface area contributed by atoms with Crippen molar-refractivity contribution in [1.29, 1.82) is 0 Å². The molecule has 2 aliphatic heterocycles. The molecule has 2 fully saturated rings. The molecule has 0 unspecified atom stereocenters. The highest BCUT2D eigenvalue weighted by atomic mass is 32.1. The maximum atomic E-state index is 13.4. The molecular formula is C26H32N4O7S. The van der Waals surface area contributed by atoms with Crippen LogP contribution >= 0.6 is 11.3 Å². The molecule has 1 amide bonds. The first-order valence-corrected chi connectivity index (χ1v) is 13.6. The molecule has 11 nitrogen and oxygen atoms in total. The Morgan fingerprint density at radius 1 is 1.21 bits per heavy atom. The van der Waals surface area contributed by atoms with Gasteiger partial charge in [-0.05, 0) is 43.4 Å². The number of piperidine rings is 1. The second kappa shape index (κ2) is 12.4. The van der Waals surface area contributed by atoms with E-state index in [1.165, 1.54) is 16.7 Å². The van der Waals surface area contributed by atoms with Crippen molar-refractivity contribution in [3.8, 4) is 0 Å². The van der Waals surface area contributed by atoms with Crippen LogP contribution in [-0.4, -0.2) is 72.3 Å². The molecule has 0 radical (unpaired) electrons. The zero-order valence-corrected chi connectivity index (χ0v) is 22.4. The summed E-state index contributed by atoms with van der Waals surface area (Å²) < 4.78 is 12.2. The maximum absolute atomic E-state index is 13.4. The standard InChI is InChI=1S/C26H32N4O7S/c1-3-37-25(32)16-24-29(17-23(31)28-8-6-18(2)7-9-28)26(33)22(38-24)15-19-4-5-20(21(14-19)30(34)35)27-10-12-36-13-11-27/h4-5,14-16,18H,3,6-13,17H2,1-2H3. The number of rotatable bonds is 7. The number of ether oxygens (including phenoxy) is 2. The van der Waals surface area contributed by atoms with Crippen molar-refractivity contribution < 1.29 is 24.0 Å². The van der Waals surface area contributed by atoms with E-state index in [0.29, 0.717) is 56.6 Å². The van der Waals surface area contributed by atoms with Crippen LogP contribution in [0.5, 0.6) is 0 Å². The van der Waals surface area contributed by atoms with Gasteiger partial charge in [-0.25, -0.2) is 4.79 Å². The third-order valence-corrected chi connectivity index (χ3v) is 7.80. The lowest BCUT2D eigenvalue weighted by Gasteiger charge is -2.30. The van der Waals surface area contributed by atoms with Crippen LogP contribution in [0.15, 0.2) is 23.0 Å². The SMILES string of the molecule is CCOC(=O)C=c1sc(=Cc2ccc(N3CCOCC3)c([N+](=O)[O-])c2)c(=O)n1CC(=O)N1CCC(C)CC1. The number of nitro groups is 1. The van der Waals surface area contributed by atoms with E-state index in [1.54, 1.807) is 30.0 Å². The monoisotopic (exact) mass is 544 g/mol. The lowest BCUT2D eigenvalue weighted by Crippen LogP contribution is -2.43. The van der Waals surface area contributed by atoms with E-state index in [9.17, 15) is 24.5 Å². The Morgan fingerprint density at radius 2 is 1.92 bits per heavy atom. The van der Waals surface area contributed by atoms with Gasteiger partial charge in [-0.3, -0.25) is 24.3 Å². The van der Waals surface area contributed by atoms with Gasteiger partial charge in [0.1, 0.15) is 16.9 Å². The van der Waals surface area contributed by atoms with Crippen LogP contribution in [0, 0.1) is 16.0 Å². The third kappa shape index (κ3) is 6.48. The smallest absolute Gasteiger partial charge is 0.333 e. The van der Waals surface area contributed by atoms with Crippen LogP contribution < -0.4 is 19.7 Å². The molecule has 0 atom stereocenters. The number of nitro benzene ring substituents is 1. The number of nitrogens with zero attached hydrogens (tertiary/aromatic N) is 4. The molecule has 38 heavy (non-hydrogen) atoms. The lowest BCUT2D eigenvalue weighted by molar-refractivity contribution is -0.384. The molecule has 1 aromatic heterocycles. The molecule has 1 aromatic carbocycles. The van der Waals surface area contributed by atoms with Crippen molar-refractivity contribution in [2.75, 3.05) is 50.9 Å². The van der Waals surface area contributed by atoms with Crippen molar-refractivity contribution in [3.05, 3.63) is 53.4 Å². The number of esters is 1. The summed E-state index contributed by atoms with van der Waals surface area (Å²) in [6, 6.07) is 4.83. The van der Waals surface area contributed by atoms with Crippen LogP contribution in [-0.2, 0) is 25.6 Å². The maximum Gasteiger partial charge on any atom is 0.333 e. The van der Waals surface area contributed by atoms with Crippen LogP contribution in [0.1, 0.15) is 32.3 Å². The van der Waals surface area contributed by atoms with Gasteiger partial charge in [0.2, 0.25) is 5.91 Å². The summed E-state index contributed by atoms with van der Waals surface area (Å²) in [7, 11) is 0. The van der Waals surface area contributed by atoms with Gasteiger partial charge in [-0.2, -0.15) is 0 Å². The van der Waals surface area contributed by atoms with Gasteiger partial charge >= 0.3 is 5.97 Å². The summed E-state index contributed by atoms with van der Waals surface area (Å²) in [5.41, 5.74) is 0.463. The predicted molar refractivity (Wildman–Crippen MR) is 144 cm³/mol. The number of hydrogen-bond acceptors (Lipinski definition) is 9. The molecule has 2 aliphatic rings. The number of carbonyl (C=O) groups excluding carboxylic acids is 2. The summed E-state index contributed by atoms with van der Waals surface area (Å²) in [4.78, 5) is 53.6. The molecule has 4 rings (SSSR count). The van der Waals surface area contributed by atoms with Gasteiger partial charge in [0.15, 0.2) is 0 Å². The fraction of sp³-hybridized carbons (Fsp3) is 0.500. The van der Waals surface area contributed by atoms with Crippen LogP contribution in [0.2, 0.25) is 0 Å². The minimum Gasteiger partial charge on any atom is -0.463 e. The minimum atomic E-state index is -0.612. The number of thiazole rings is 1. The first-order chi connectivity index (χ1) is 18.3. The van der Waals surface area contributed by atoms with Crippen molar-refractivity contribution in [2.24, 2.45) is 5.92 Å². The van der Waals surface area contributed by atoms with Gasteiger partial charge in [0.25, 0.3) is 11.2 Å². The first kappa shape index (κ1) is 27.5. The predicted octanol–water partition coefficient (Wildman–Crippen LogP) is 1.09. The molecule has 0 bridgehead atoms. The number of likely N-dealkylation sites (tertiary alicyclic amines) is 1. The molecule has 0 aliphatic carbocycles. The average Bonchev–Trinajstić information content (AvgIpc) is 3.18. The molecule has 0 saturated carbocycles. The summed E-state index contributed by atoms with van der Waals surface area (Å²) in [6.45, 7) is 7.17. The summed E-state index contributed by atoms with van der Waals surface area (Å²) in [6.07, 6.45) is 4.58. The van der Waals surface area contributed by atoms with E-state index in [1.807, 2.05) is 4.90 Å². The second-order valence-electron chi connectivity index (χ2n) is 9.40. The van der Waals surface area contributed by atoms with E-state index in [-0.39, 0.29) is 33.9 Å². The molecular weight excluding hydrogens is 512 g/mol. The van der Waals surface area contributed by atoms with Gasteiger partial charge in [0, 0.05) is 32.2 Å². The largest absolute Gasteiger partial charge is 0.463 e. The Morgan fingerprint density at radius 3 is 2.58 bits per heavy atom. The number of morpholine rings is 1. The zero-order chi connectivity index (χ0) is 27.2. The Labute approximate surface area is 223 Å². The normalized spacial score (nSPS) is 17.6. The number of carbonyl (C=O) groups is 2. The molecule has 12 heteroatoms. The first-order valence-electron chi connectivity index (χ1n) is 12.8. The van der Waals surface area contributed by atoms with Crippen molar-refractivity contribution in [1.82, 2.24) is 9.47 Å². The van der Waals surface area contributed by atoms with Gasteiger partial charge in [-0.1, -0.05) is 13.0 Å². The Kier molecular flexibility index (Phi) is 8.95. The van der Waals surface area contributed by atoms with Crippen LogP contribution in [0.25, 0.3) is 12.2 Å². The van der Waals surface area contributed by atoms with Crippen LogP contribution in [0.4, 0.5) is 11.4 Å². The minimum absolute atomic E-state index is 0.0645. The highest BCUT2D eigenvalue weighted by Crippen LogP contribution is 2.30. The highest BCUT2D eigenvalue weighted by molar-refractivity contribution is 7.07. The average molecular weight is 545 g/mol. The summed E-state index contributed by atoms with van der Waals surface area (Å²) >= 11 is 1.04. The quantitative estimate of drug-likeness (QED) is 0.288. The summed E-state index contributed by atoms with van der Waals surface area (Å²) in [5, 5.41) is 11.8. The van der Waals surface area contributed by atoms with E-state index >= 15 is 0 Å². The Hall–Kier alpha value is -3.51. The lowest BCUT2D eigenvalue weighted by atomic mass is 9.99. The van der Waals surface area contributed by atoms with Crippen LogP contribution in [0.3, 0.4) is 0 Å². The van der Waals surface area contributed by atoms with Crippen molar-refractivity contribution in [2.45, 2.75) is 33.2 Å². The van der Waals surface area contributed by atoms with Crippen molar-refractivity contribution in [3.63, 3.8) is 0 Å². The van der Waals surface area contributed by atoms with E-state index < -0.39 is 16.5 Å². The van der Waals surface area contributed by atoms with E-state index in [4.69, 9.17) is 9.47 Å². The van der Waals surface area contributed by atoms with Gasteiger partial charge in [0.05, 0.1) is 35.4 Å². The number of hydrogen-bond donors (Lipinski definition) is 0.